The summed E-state index contributed by atoms with van der Waals surface area (Å²) in [6, 6.07) is 31.0. The second-order valence-electron chi connectivity index (χ2n) is 8.86. The molecule has 4 aromatic carbocycles. The lowest BCUT2D eigenvalue weighted by molar-refractivity contribution is 0.0953. The van der Waals surface area contributed by atoms with E-state index in [0.29, 0.717) is 12.1 Å². The van der Waals surface area contributed by atoms with Crippen LogP contribution in [0.2, 0.25) is 0 Å². The lowest BCUT2D eigenvalue weighted by Crippen LogP contribution is -2.24. The fraction of sp³-hybridized carbons (Fsp3) is 0.200. The molecule has 0 unspecified atom stereocenters. The van der Waals surface area contributed by atoms with Gasteiger partial charge in [-0.05, 0) is 65.6 Å². The Morgan fingerprint density at radius 1 is 0.829 bits per heavy atom. The van der Waals surface area contributed by atoms with Crippen LogP contribution < -0.4 is 5.32 Å². The first kappa shape index (κ1) is 23.3. The van der Waals surface area contributed by atoms with Crippen LogP contribution in [0.4, 0.5) is 0 Å². The Hall–Kier alpha value is -3.44. The van der Waals surface area contributed by atoms with Crippen LogP contribution in [0.1, 0.15) is 41.0 Å². The number of para-hydroxylation sites is 2. The fourth-order valence-corrected chi connectivity index (χ4v) is 4.93. The molecule has 5 rings (SSSR count). The van der Waals surface area contributed by atoms with Crippen LogP contribution in [-0.2, 0) is 13.0 Å². The molecule has 0 aliphatic carbocycles. The quantitative estimate of drug-likeness (QED) is 0.208. The second kappa shape index (κ2) is 10.9. The molecule has 0 radical (unpaired) electrons. The van der Waals surface area contributed by atoms with Gasteiger partial charge in [0.1, 0.15) is 5.82 Å². The number of carbonyl (C=O) groups is 1. The van der Waals surface area contributed by atoms with E-state index in [0.717, 1.165) is 48.0 Å². The van der Waals surface area contributed by atoms with Crippen LogP contribution in [0, 0.1) is 0 Å². The zero-order chi connectivity index (χ0) is 24.0. The van der Waals surface area contributed by atoms with E-state index in [9.17, 15) is 4.79 Å². The van der Waals surface area contributed by atoms with Crippen molar-refractivity contribution in [3.8, 4) is 0 Å². The van der Waals surface area contributed by atoms with Gasteiger partial charge in [-0.1, -0.05) is 76.9 Å². The number of aromatic nitrogens is 2. The number of unbranched alkanes of at least 4 members (excludes halogenated alkanes) is 2. The molecule has 1 N–H and O–H groups in total. The minimum Gasteiger partial charge on any atom is -0.352 e. The van der Waals surface area contributed by atoms with Crippen LogP contribution in [0.5, 0.6) is 0 Å². The number of carbonyl (C=O) groups excluding carboxylic acids is 1. The van der Waals surface area contributed by atoms with Gasteiger partial charge in [0.2, 0.25) is 0 Å². The molecule has 5 aromatic rings. The number of fused-ring (bicyclic) bond motifs is 2. The monoisotopic (exact) mass is 525 g/mol. The summed E-state index contributed by atoms with van der Waals surface area (Å²) in [5.74, 6) is 1.10. The molecule has 0 aliphatic heterocycles. The number of imidazole rings is 1. The third kappa shape index (κ3) is 5.63. The minimum atomic E-state index is -0.0246. The molecule has 0 fully saturated rings. The molecule has 1 amide bonds. The molecular formula is C30H28BrN3O. The van der Waals surface area contributed by atoms with Crippen LogP contribution in [-0.4, -0.2) is 22.0 Å². The maximum absolute atomic E-state index is 12.3. The molecule has 5 heteroatoms. The Balaban J connectivity index is 1.21. The molecule has 176 valence electrons. The number of benzene rings is 4. The molecule has 0 spiro atoms. The Morgan fingerprint density at radius 2 is 1.66 bits per heavy atom. The molecule has 35 heavy (non-hydrogen) atoms. The smallest absolute Gasteiger partial charge is 0.251 e. The number of aryl methyl sites for hydroxylation is 1. The zero-order valence-corrected chi connectivity index (χ0v) is 21.2. The Labute approximate surface area is 214 Å². The molecule has 1 aromatic heterocycles. The fourth-order valence-electron chi connectivity index (χ4n) is 4.53. The van der Waals surface area contributed by atoms with Crippen molar-refractivity contribution in [3.63, 3.8) is 0 Å². The summed E-state index contributed by atoms with van der Waals surface area (Å²) in [5.41, 5.74) is 4.19. The van der Waals surface area contributed by atoms with Crippen molar-refractivity contribution in [2.24, 2.45) is 0 Å². The van der Waals surface area contributed by atoms with E-state index in [1.165, 1.54) is 21.9 Å². The molecule has 0 aliphatic rings. The number of hydrogen-bond donors (Lipinski definition) is 1. The van der Waals surface area contributed by atoms with Gasteiger partial charge in [-0.25, -0.2) is 4.98 Å². The predicted molar refractivity (Wildman–Crippen MR) is 147 cm³/mol. The second-order valence-corrected chi connectivity index (χ2v) is 9.78. The number of hydrogen-bond acceptors (Lipinski definition) is 2. The maximum atomic E-state index is 12.3. The van der Waals surface area contributed by atoms with Crippen LogP contribution in [0.3, 0.4) is 0 Å². The van der Waals surface area contributed by atoms with Gasteiger partial charge < -0.3 is 9.88 Å². The Kier molecular flexibility index (Phi) is 7.24. The maximum Gasteiger partial charge on any atom is 0.251 e. The first-order valence-electron chi connectivity index (χ1n) is 12.1. The normalized spacial score (nSPS) is 11.2. The Morgan fingerprint density at radius 3 is 2.54 bits per heavy atom. The van der Waals surface area contributed by atoms with Gasteiger partial charge in [0.25, 0.3) is 5.91 Å². The third-order valence-electron chi connectivity index (χ3n) is 6.34. The highest BCUT2D eigenvalue weighted by molar-refractivity contribution is 9.10. The summed E-state index contributed by atoms with van der Waals surface area (Å²) in [6.45, 7) is 1.49. The highest BCUT2D eigenvalue weighted by Gasteiger charge is 2.11. The van der Waals surface area contributed by atoms with Gasteiger partial charge in [-0.3, -0.25) is 4.79 Å². The van der Waals surface area contributed by atoms with Crippen LogP contribution in [0.15, 0.2) is 95.5 Å². The van der Waals surface area contributed by atoms with Gasteiger partial charge in [-0.15, -0.1) is 0 Å². The number of nitrogens with zero attached hydrogens (tertiary/aromatic N) is 2. The van der Waals surface area contributed by atoms with Gasteiger partial charge in [0.05, 0.1) is 11.0 Å². The minimum absolute atomic E-state index is 0.0246. The molecule has 0 saturated carbocycles. The summed E-state index contributed by atoms with van der Waals surface area (Å²) in [7, 11) is 0. The van der Waals surface area contributed by atoms with E-state index in [4.69, 9.17) is 4.98 Å². The summed E-state index contributed by atoms with van der Waals surface area (Å²) < 4.78 is 3.27. The lowest BCUT2D eigenvalue weighted by atomic mass is 10.1. The van der Waals surface area contributed by atoms with E-state index in [2.05, 4.69) is 86.5 Å². The summed E-state index contributed by atoms with van der Waals surface area (Å²) in [6.07, 6.45) is 3.94. The van der Waals surface area contributed by atoms with Crippen LogP contribution in [0.25, 0.3) is 21.8 Å². The first-order chi connectivity index (χ1) is 17.2. The van der Waals surface area contributed by atoms with E-state index in [1.807, 2.05) is 30.3 Å². The molecule has 0 atom stereocenters. The summed E-state index contributed by atoms with van der Waals surface area (Å²) in [5, 5.41) is 5.55. The average molecular weight is 526 g/mol. The van der Waals surface area contributed by atoms with E-state index in [1.54, 1.807) is 0 Å². The number of nitrogens with one attached hydrogen (secondary N) is 1. The van der Waals surface area contributed by atoms with Crippen molar-refractivity contribution in [2.45, 2.75) is 32.2 Å². The number of amides is 1. The van der Waals surface area contributed by atoms with E-state index >= 15 is 0 Å². The standard InChI is InChI=1S/C30H28BrN3O/c31-26-12-8-11-25(20-26)30(35)32-18-7-1-2-15-29-33-27-13-5-6-14-28(27)34(29)21-22-16-17-23-9-3-4-10-24(23)19-22/h3-6,8-14,16-17,19-20H,1-2,7,15,18,21H2,(H,32,35). The average Bonchev–Trinajstić information content (AvgIpc) is 3.23. The largest absolute Gasteiger partial charge is 0.352 e. The highest BCUT2D eigenvalue weighted by Crippen LogP contribution is 2.22. The van der Waals surface area contributed by atoms with Crippen LogP contribution >= 0.6 is 15.9 Å². The van der Waals surface area contributed by atoms with Crippen molar-refractivity contribution >= 4 is 43.6 Å². The van der Waals surface area contributed by atoms with Gasteiger partial charge >= 0.3 is 0 Å². The Bertz CT molecular complexity index is 1470. The molecule has 0 bridgehead atoms. The lowest BCUT2D eigenvalue weighted by Gasteiger charge is -2.11. The predicted octanol–water partition coefficient (Wildman–Crippen LogP) is 7.14. The molecule has 0 saturated heterocycles. The van der Waals surface area contributed by atoms with Crippen molar-refractivity contribution in [3.05, 3.63) is 112 Å². The van der Waals surface area contributed by atoms with Crippen molar-refractivity contribution in [1.82, 2.24) is 14.9 Å². The topological polar surface area (TPSA) is 46.9 Å². The van der Waals surface area contributed by atoms with Gasteiger partial charge in [0, 0.05) is 29.5 Å². The number of rotatable bonds is 9. The summed E-state index contributed by atoms with van der Waals surface area (Å²) in [4.78, 5) is 17.3. The highest BCUT2D eigenvalue weighted by atomic mass is 79.9. The van der Waals surface area contributed by atoms with Crippen molar-refractivity contribution in [1.29, 1.82) is 0 Å². The van der Waals surface area contributed by atoms with Gasteiger partial charge in [0.15, 0.2) is 0 Å². The number of halogens is 1. The molecule has 1 heterocycles. The SMILES string of the molecule is O=C(NCCCCCc1nc2ccccc2n1Cc1ccc2ccccc2c1)c1cccc(Br)c1. The first-order valence-corrected chi connectivity index (χ1v) is 12.9. The van der Waals surface area contributed by atoms with E-state index < -0.39 is 0 Å². The molecular weight excluding hydrogens is 498 g/mol. The summed E-state index contributed by atoms with van der Waals surface area (Å²) >= 11 is 3.42. The molecule has 4 nitrogen and oxygen atoms in total. The van der Waals surface area contributed by atoms with Crippen molar-refractivity contribution < 1.29 is 4.79 Å². The van der Waals surface area contributed by atoms with E-state index in [-0.39, 0.29) is 5.91 Å². The van der Waals surface area contributed by atoms with Gasteiger partial charge in [-0.2, -0.15) is 0 Å². The third-order valence-corrected chi connectivity index (χ3v) is 6.83. The van der Waals surface area contributed by atoms with Crippen molar-refractivity contribution in [2.75, 3.05) is 6.54 Å². The zero-order valence-electron chi connectivity index (χ0n) is 19.6.